The van der Waals surface area contributed by atoms with Crippen LogP contribution < -0.4 is 5.73 Å². The summed E-state index contributed by atoms with van der Waals surface area (Å²) in [6, 6.07) is 6.21. The summed E-state index contributed by atoms with van der Waals surface area (Å²) >= 11 is 0. The topological polar surface area (TPSA) is 87.0 Å². The first-order chi connectivity index (χ1) is 7.59. The molecule has 0 aliphatic rings. The number of nitrogen functional groups attached to an aromatic ring is 1. The molecule has 0 fully saturated rings. The van der Waals surface area contributed by atoms with E-state index >= 15 is 0 Å². The molecule has 2 aromatic rings. The molecule has 0 spiro atoms. The van der Waals surface area contributed by atoms with Gasteiger partial charge in [-0.05, 0) is 17.7 Å². The average Bonchev–Trinajstić information content (AvgIpc) is 2.60. The maximum Gasteiger partial charge on any atom is 0.269 e. The molecule has 0 saturated heterocycles. The van der Waals surface area contributed by atoms with E-state index in [2.05, 4.69) is 5.10 Å². The van der Waals surface area contributed by atoms with Crippen LogP contribution in [0.5, 0.6) is 0 Å². The Bertz CT molecular complexity index is 530. The second kappa shape index (κ2) is 3.65. The standard InChI is InChI=1S/C10H10N4O2/c1-13-10(11)9(6-12-13)7-2-4-8(5-3-7)14(15)16/h2-6H,11H2,1H3. The van der Waals surface area contributed by atoms with E-state index < -0.39 is 4.92 Å². The number of anilines is 1. The predicted molar refractivity (Wildman–Crippen MR) is 59.7 cm³/mol. The lowest BCUT2D eigenvalue weighted by molar-refractivity contribution is -0.384. The van der Waals surface area contributed by atoms with Crippen LogP contribution in [0.15, 0.2) is 30.5 Å². The number of hydrogen-bond acceptors (Lipinski definition) is 4. The summed E-state index contributed by atoms with van der Waals surface area (Å²) in [5.41, 5.74) is 7.45. The van der Waals surface area contributed by atoms with Crippen LogP contribution in [0.3, 0.4) is 0 Å². The fourth-order valence-corrected chi connectivity index (χ4v) is 1.43. The van der Waals surface area contributed by atoms with E-state index in [1.807, 2.05) is 0 Å². The van der Waals surface area contributed by atoms with E-state index in [9.17, 15) is 10.1 Å². The SMILES string of the molecule is Cn1ncc(-c2ccc([N+](=O)[O-])cc2)c1N. The molecule has 6 heteroatoms. The molecule has 0 aliphatic heterocycles. The highest BCUT2D eigenvalue weighted by atomic mass is 16.6. The minimum absolute atomic E-state index is 0.0613. The Labute approximate surface area is 91.5 Å². The maximum atomic E-state index is 10.5. The number of benzene rings is 1. The summed E-state index contributed by atoms with van der Waals surface area (Å²) in [7, 11) is 1.74. The van der Waals surface area contributed by atoms with E-state index in [1.54, 1.807) is 30.1 Å². The molecule has 0 saturated carbocycles. The zero-order valence-corrected chi connectivity index (χ0v) is 8.62. The van der Waals surface area contributed by atoms with Gasteiger partial charge in [-0.15, -0.1) is 0 Å². The largest absolute Gasteiger partial charge is 0.383 e. The molecule has 0 unspecified atom stereocenters. The molecular formula is C10H10N4O2. The lowest BCUT2D eigenvalue weighted by Gasteiger charge is -2.00. The van der Waals surface area contributed by atoms with Gasteiger partial charge in [0.1, 0.15) is 5.82 Å². The van der Waals surface area contributed by atoms with Gasteiger partial charge in [0.2, 0.25) is 0 Å². The first kappa shape index (κ1) is 10.2. The molecule has 16 heavy (non-hydrogen) atoms. The van der Waals surface area contributed by atoms with Crippen LogP contribution in [0, 0.1) is 10.1 Å². The molecule has 0 atom stereocenters. The summed E-state index contributed by atoms with van der Waals surface area (Å²) in [5.74, 6) is 0.536. The van der Waals surface area contributed by atoms with Gasteiger partial charge in [0.05, 0.1) is 11.1 Å². The number of hydrogen-bond donors (Lipinski definition) is 1. The zero-order valence-electron chi connectivity index (χ0n) is 8.62. The van der Waals surface area contributed by atoms with E-state index in [4.69, 9.17) is 5.73 Å². The van der Waals surface area contributed by atoms with Crippen LogP contribution >= 0.6 is 0 Å². The van der Waals surface area contributed by atoms with Gasteiger partial charge in [-0.25, -0.2) is 0 Å². The average molecular weight is 218 g/mol. The highest BCUT2D eigenvalue weighted by Gasteiger charge is 2.09. The second-order valence-electron chi connectivity index (χ2n) is 3.37. The number of aromatic nitrogens is 2. The molecule has 1 heterocycles. The number of aryl methyl sites for hydroxylation is 1. The highest BCUT2D eigenvalue weighted by molar-refractivity contribution is 5.74. The number of rotatable bonds is 2. The summed E-state index contributed by atoms with van der Waals surface area (Å²) < 4.78 is 1.55. The second-order valence-corrected chi connectivity index (χ2v) is 3.37. The molecular weight excluding hydrogens is 208 g/mol. The van der Waals surface area contributed by atoms with Crippen LogP contribution in [0.25, 0.3) is 11.1 Å². The van der Waals surface area contributed by atoms with Gasteiger partial charge in [0.25, 0.3) is 5.69 Å². The van der Waals surface area contributed by atoms with Crippen LogP contribution in [-0.2, 0) is 7.05 Å². The third-order valence-corrected chi connectivity index (χ3v) is 2.37. The number of non-ortho nitro benzene ring substituents is 1. The van der Waals surface area contributed by atoms with Crippen LogP contribution in [0.4, 0.5) is 11.5 Å². The Hall–Kier alpha value is -2.37. The van der Waals surface area contributed by atoms with Crippen molar-refractivity contribution in [1.29, 1.82) is 0 Å². The van der Waals surface area contributed by atoms with Crippen molar-refractivity contribution in [3.05, 3.63) is 40.6 Å². The van der Waals surface area contributed by atoms with Gasteiger partial charge in [0.15, 0.2) is 0 Å². The third-order valence-electron chi connectivity index (χ3n) is 2.37. The van der Waals surface area contributed by atoms with E-state index in [1.165, 1.54) is 12.1 Å². The number of nitrogens with two attached hydrogens (primary N) is 1. The summed E-state index contributed by atoms with van der Waals surface area (Å²) in [6.45, 7) is 0. The van der Waals surface area contributed by atoms with E-state index in [0.717, 1.165) is 11.1 Å². The fraction of sp³-hybridized carbons (Fsp3) is 0.100. The fourth-order valence-electron chi connectivity index (χ4n) is 1.43. The Morgan fingerprint density at radius 1 is 1.38 bits per heavy atom. The smallest absolute Gasteiger partial charge is 0.269 e. The van der Waals surface area contributed by atoms with Gasteiger partial charge < -0.3 is 5.73 Å². The van der Waals surface area contributed by atoms with Gasteiger partial charge >= 0.3 is 0 Å². The van der Waals surface area contributed by atoms with Crippen molar-refractivity contribution in [2.75, 3.05) is 5.73 Å². The van der Waals surface area contributed by atoms with Gasteiger partial charge in [0, 0.05) is 24.7 Å². The summed E-state index contributed by atoms with van der Waals surface area (Å²) in [5, 5.41) is 14.5. The molecule has 0 amide bonds. The summed E-state index contributed by atoms with van der Waals surface area (Å²) in [4.78, 5) is 10.1. The van der Waals surface area contributed by atoms with Crippen LogP contribution in [0.2, 0.25) is 0 Å². The Balaban J connectivity index is 2.42. The Morgan fingerprint density at radius 3 is 2.44 bits per heavy atom. The van der Waals surface area contributed by atoms with Crippen molar-refractivity contribution >= 4 is 11.5 Å². The minimum atomic E-state index is -0.434. The maximum absolute atomic E-state index is 10.5. The van der Waals surface area contributed by atoms with E-state index in [0.29, 0.717) is 5.82 Å². The molecule has 82 valence electrons. The number of nitro groups is 1. The van der Waals surface area contributed by atoms with Gasteiger partial charge in [-0.2, -0.15) is 5.10 Å². The monoisotopic (exact) mass is 218 g/mol. The van der Waals surface area contributed by atoms with E-state index in [-0.39, 0.29) is 5.69 Å². The summed E-state index contributed by atoms with van der Waals surface area (Å²) in [6.07, 6.45) is 1.64. The molecule has 0 bridgehead atoms. The van der Waals surface area contributed by atoms with Crippen LogP contribution in [-0.4, -0.2) is 14.7 Å². The molecule has 0 radical (unpaired) electrons. The molecule has 6 nitrogen and oxygen atoms in total. The molecule has 1 aromatic carbocycles. The third kappa shape index (κ3) is 1.60. The van der Waals surface area contributed by atoms with Gasteiger partial charge in [-0.1, -0.05) is 0 Å². The van der Waals surface area contributed by atoms with Crippen molar-refractivity contribution in [2.24, 2.45) is 7.05 Å². The van der Waals surface area contributed by atoms with Crippen molar-refractivity contribution in [3.8, 4) is 11.1 Å². The minimum Gasteiger partial charge on any atom is -0.383 e. The predicted octanol–water partition coefficient (Wildman–Crippen LogP) is 1.58. The number of nitrogens with zero attached hydrogens (tertiary/aromatic N) is 3. The first-order valence-electron chi connectivity index (χ1n) is 4.62. The van der Waals surface area contributed by atoms with Crippen molar-refractivity contribution in [3.63, 3.8) is 0 Å². The lowest BCUT2D eigenvalue weighted by atomic mass is 10.1. The Kier molecular flexibility index (Phi) is 2.32. The quantitative estimate of drug-likeness (QED) is 0.612. The van der Waals surface area contributed by atoms with Crippen molar-refractivity contribution in [2.45, 2.75) is 0 Å². The Morgan fingerprint density at radius 2 is 2.00 bits per heavy atom. The molecule has 1 aromatic heterocycles. The molecule has 2 rings (SSSR count). The van der Waals surface area contributed by atoms with Crippen LogP contribution in [0.1, 0.15) is 0 Å². The molecule has 0 aliphatic carbocycles. The van der Waals surface area contributed by atoms with Crippen molar-refractivity contribution < 1.29 is 4.92 Å². The van der Waals surface area contributed by atoms with Crippen molar-refractivity contribution in [1.82, 2.24) is 9.78 Å². The lowest BCUT2D eigenvalue weighted by Crippen LogP contribution is -1.98. The molecule has 2 N–H and O–H groups in total. The normalized spacial score (nSPS) is 10.3. The zero-order chi connectivity index (χ0) is 11.7. The number of nitro benzene ring substituents is 1. The van der Waals surface area contributed by atoms with Gasteiger partial charge in [-0.3, -0.25) is 14.8 Å². The highest BCUT2D eigenvalue weighted by Crippen LogP contribution is 2.26. The first-order valence-corrected chi connectivity index (χ1v) is 4.62.